The number of aromatic amines is 1. The average molecular weight is 456 g/mol. The minimum atomic E-state index is -4.73. The summed E-state index contributed by atoms with van der Waals surface area (Å²) in [7, 11) is 0. The predicted molar refractivity (Wildman–Crippen MR) is 113 cm³/mol. The Labute approximate surface area is 184 Å². The number of nitrogens with zero attached hydrogens (tertiary/aromatic N) is 4. The van der Waals surface area contributed by atoms with Crippen LogP contribution in [0.25, 0.3) is 11.1 Å². The third-order valence-electron chi connectivity index (χ3n) is 4.47. The lowest BCUT2D eigenvalue weighted by Gasteiger charge is -2.06. The molecule has 3 aromatic rings. The second-order valence-corrected chi connectivity index (χ2v) is 6.68. The van der Waals surface area contributed by atoms with Crippen molar-refractivity contribution in [3.63, 3.8) is 0 Å². The summed E-state index contributed by atoms with van der Waals surface area (Å²) < 4.78 is 52.2. The van der Waals surface area contributed by atoms with Crippen LogP contribution in [0.4, 0.5) is 23.2 Å². The van der Waals surface area contributed by atoms with Crippen molar-refractivity contribution in [1.82, 2.24) is 15.0 Å². The summed E-state index contributed by atoms with van der Waals surface area (Å²) in [6.45, 7) is 0. The van der Waals surface area contributed by atoms with Crippen molar-refractivity contribution in [1.29, 1.82) is 10.7 Å². The minimum Gasteiger partial charge on any atom is -0.404 e. The number of amidine groups is 1. The predicted octanol–water partition coefficient (Wildman–Crippen LogP) is 3.57. The van der Waals surface area contributed by atoms with E-state index < -0.39 is 23.7 Å². The molecule has 0 aliphatic rings. The molecule has 0 atom stereocenters. The molecule has 0 amide bonds. The molecule has 0 saturated heterocycles. The SMILES string of the molecule is N#Cc1c(CC(C=Nc2ccccc2F)=CN)[nH]c(C(=N)N)c1-c1cnc(C(F)(F)F)nc1. The van der Waals surface area contributed by atoms with Gasteiger partial charge in [-0.3, -0.25) is 10.4 Å². The van der Waals surface area contributed by atoms with Gasteiger partial charge in [0, 0.05) is 41.8 Å². The quantitative estimate of drug-likeness (QED) is 0.254. The lowest BCUT2D eigenvalue weighted by atomic mass is 10.0. The summed E-state index contributed by atoms with van der Waals surface area (Å²) in [4.78, 5) is 13.5. The molecule has 0 unspecified atom stereocenters. The zero-order valence-corrected chi connectivity index (χ0v) is 16.8. The maximum atomic E-state index is 13.8. The van der Waals surface area contributed by atoms with Crippen molar-refractivity contribution in [2.75, 3.05) is 0 Å². The van der Waals surface area contributed by atoms with Gasteiger partial charge in [-0.2, -0.15) is 18.4 Å². The Kier molecular flexibility index (Phi) is 6.53. The van der Waals surface area contributed by atoms with Gasteiger partial charge in [-0.15, -0.1) is 0 Å². The van der Waals surface area contributed by atoms with Gasteiger partial charge in [0.15, 0.2) is 0 Å². The van der Waals surface area contributed by atoms with Gasteiger partial charge < -0.3 is 16.5 Å². The molecule has 0 spiro atoms. The number of aliphatic imine (C=N–C) groups is 1. The van der Waals surface area contributed by atoms with Crippen LogP contribution in [0.3, 0.4) is 0 Å². The molecule has 12 heteroatoms. The molecular formula is C21H16F4N8. The number of aromatic nitrogens is 3. The molecule has 2 heterocycles. The zero-order chi connectivity index (χ0) is 24.2. The van der Waals surface area contributed by atoms with Gasteiger partial charge in [-0.25, -0.2) is 14.4 Å². The van der Waals surface area contributed by atoms with Crippen LogP contribution < -0.4 is 11.5 Å². The van der Waals surface area contributed by atoms with Crippen molar-refractivity contribution in [3.05, 3.63) is 77.0 Å². The van der Waals surface area contributed by atoms with Crippen molar-refractivity contribution < 1.29 is 17.6 Å². The molecule has 0 fully saturated rings. The summed E-state index contributed by atoms with van der Waals surface area (Å²) in [6, 6.07) is 7.80. The molecule has 168 valence electrons. The molecule has 8 nitrogen and oxygen atoms in total. The van der Waals surface area contributed by atoms with E-state index in [1.165, 1.54) is 30.6 Å². The highest BCUT2D eigenvalue weighted by Gasteiger charge is 2.34. The fraction of sp³-hybridized carbons (Fsp3) is 0.0952. The molecular weight excluding hydrogens is 440 g/mol. The number of allylic oxidation sites excluding steroid dienone is 1. The number of halogens is 4. The number of nitrogen functional groups attached to an aromatic ring is 1. The normalized spacial score (nSPS) is 12.2. The number of alkyl halides is 3. The Balaban J connectivity index is 2.01. The smallest absolute Gasteiger partial charge is 0.404 e. The van der Waals surface area contributed by atoms with E-state index in [2.05, 4.69) is 19.9 Å². The van der Waals surface area contributed by atoms with E-state index in [0.717, 1.165) is 12.4 Å². The summed E-state index contributed by atoms with van der Waals surface area (Å²) >= 11 is 0. The fourth-order valence-corrected chi connectivity index (χ4v) is 2.96. The van der Waals surface area contributed by atoms with Gasteiger partial charge in [0.2, 0.25) is 5.82 Å². The highest BCUT2D eigenvalue weighted by molar-refractivity contribution is 6.01. The number of nitrogens with two attached hydrogens (primary N) is 2. The number of nitrogens with one attached hydrogen (secondary N) is 2. The van der Waals surface area contributed by atoms with Gasteiger partial charge in [0.05, 0.1) is 16.9 Å². The van der Waals surface area contributed by atoms with Gasteiger partial charge in [-0.1, -0.05) is 12.1 Å². The molecule has 0 aliphatic heterocycles. The second kappa shape index (κ2) is 9.31. The Morgan fingerprint density at radius 2 is 1.91 bits per heavy atom. The Hall–Kier alpha value is -4.53. The lowest BCUT2D eigenvalue weighted by molar-refractivity contribution is -0.144. The number of benzene rings is 1. The number of para-hydroxylation sites is 1. The summed E-state index contributed by atoms with van der Waals surface area (Å²) in [5.74, 6) is -2.33. The lowest BCUT2D eigenvalue weighted by Crippen LogP contribution is -2.14. The molecule has 0 saturated carbocycles. The number of rotatable bonds is 6. The molecule has 0 radical (unpaired) electrons. The number of hydrogen-bond acceptors (Lipinski definition) is 6. The topological polar surface area (TPSA) is 154 Å². The van der Waals surface area contributed by atoms with Gasteiger partial charge in [0.25, 0.3) is 0 Å². The van der Waals surface area contributed by atoms with E-state index in [9.17, 15) is 22.8 Å². The molecule has 2 aromatic heterocycles. The highest BCUT2D eigenvalue weighted by Crippen LogP contribution is 2.32. The largest absolute Gasteiger partial charge is 0.451 e. The number of nitriles is 1. The van der Waals surface area contributed by atoms with Crippen LogP contribution in [0.5, 0.6) is 0 Å². The first kappa shape index (κ1) is 23.1. The first-order valence-electron chi connectivity index (χ1n) is 9.24. The van der Waals surface area contributed by atoms with Crippen molar-refractivity contribution in [2.45, 2.75) is 12.6 Å². The van der Waals surface area contributed by atoms with E-state index in [4.69, 9.17) is 16.9 Å². The first-order valence-corrected chi connectivity index (χ1v) is 9.24. The molecule has 0 aliphatic carbocycles. The fourth-order valence-electron chi connectivity index (χ4n) is 2.96. The van der Waals surface area contributed by atoms with E-state index in [1.807, 2.05) is 6.07 Å². The zero-order valence-electron chi connectivity index (χ0n) is 16.8. The van der Waals surface area contributed by atoms with Gasteiger partial charge in [-0.05, 0) is 23.9 Å². The van der Waals surface area contributed by atoms with Crippen LogP contribution in [0.15, 0.2) is 53.4 Å². The molecule has 33 heavy (non-hydrogen) atoms. The van der Waals surface area contributed by atoms with E-state index in [-0.39, 0.29) is 40.2 Å². The number of hydrogen-bond donors (Lipinski definition) is 4. The van der Waals surface area contributed by atoms with E-state index >= 15 is 0 Å². The van der Waals surface area contributed by atoms with Crippen LogP contribution in [-0.2, 0) is 12.6 Å². The maximum Gasteiger partial charge on any atom is 0.451 e. The monoisotopic (exact) mass is 456 g/mol. The van der Waals surface area contributed by atoms with Gasteiger partial charge in [0.1, 0.15) is 17.7 Å². The van der Waals surface area contributed by atoms with Crippen molar-refractivity contribution >= 4 is 17.7 Å². The Bertz CT molecular complexity index is 1280. The van der Waals surface area contributed by atoms with E-state index in [1.54, 1.807) is 6.07 Å². The van der Waals surface area contributed by atoms with Crippen LogP contribution in [0.1, 0.15) is 22.8 Å². The summed E-state index contributed by atoms with van der Waals surface area (Å²) in [5, 5.41) is 17.5. The average Bonchev–Trinajstić information content (AvgIpc) is 3.15. The Morgan fingerprint density at radius 3 is 2.45 bits per heavy atom. The van der Waals surface area contributed by atoms with Crippen molar-refractivity contribution in [2.24, 2.45) is 16.5 Å². The Morgan fingerprint density at radius 1 is 1.24 bits per heavy atom. The van der Waals surface area contributed by atoms with Crippen LogP contribution in [-0.4, -0.2) is 27.0 Å². The maximum absolute atomic E-state index is 13.8. The highest BCUT2D eigenvalue weighted by atomic mass is 19.4. The second-order valence-electron chi connectivity index (χ2n) is 6.68. The third-order valence-corrected chi connectivity index (χ3v) is 4.47. The van der Waals surface area contributed by atoms with E-state index in [0.29, 0.717) is 5.57 Å². The van der Waals surface area contributed by atoms with Crippen molar-refractivity contribution in [3.8, 4) is 17.2 Å². The molecule has 1 aromatic carbocycles. The standard InChI is InChI=1S/C21H16F4N8/c22-14-3-1-2-4-15(14)30-8-11(6-26)5-16-13(7-27)17(18(33-16)19(28)29)12-9-31-20(32-10-12)21(23,24)25/h1-4,6,8-10,33H,5,26H2,(H3,28,29). The molecule has 6 N–H and O–H groups in total. The number of H-pyrrole nitrogens is 1. The molecule has 3 rings (SSSR count). The first-order chi connectivity index (χ1) is 15.7. The molecule has 0 bridgehead atoms. The van der Waals surface area contributed by atoms with Gasteiger partial charge >= 0.3 is 6.18 Å². The minimum absolute atomic E-state index is 0.00678. The third kappa shape index (κ3) is 5.04. The summed E-state index contributed by atoms with van der Waals surface area (Å²) in [5.41, 5.74) is 12.2. The summed E-state index contributed by atoms with van der Waals surface area (Å²) in [6.07, 6.45) is -0.402. The van der Waals surface area contributed by atoms with Crippen LogP contribution in [0.2, 0.25) is 0 Å². The van der Waals surface area contributed by atoms with Crippen LogP contribution in [0, 0.1) is 22.6 Å². The van der Waals surface area contributed by atoms with Crippen LogP contribution >= 0.6 is 0 Å².